The molecule has 0 heterocycles. The van der Waals surface area contributed by atoms with Gasteiger partial charge in [0.25, 0.3) is 0 Å². The lowest BCUT2D eigenvalue weighted by Crippen LogP contribution is -2.53. The summed E-state index contributed by atoms with van der Waals surface area (Å²) in [7, 11) is -2.24. The van der Waals surface area contributed by atoms with Crippen molar-refractivity contribution in [3.05, 3.63) is 60.2 Å². The van der Waals surface area contributed by atoms with Crippen LogP contribution >= 0.6 is 0 Å². The van der Waals surface area contributed by atoms with Gasteiger partial charge < -0.3 is 15.0 Å². The monoisotopic (exact) mass is 475 g/mol. The van der Waals surface area contributed by atoms with E-state index in [1.807, 2.05) is 44.2 Å². The van der Waals surface area contributed by atoms with Gasteiger partial charge in [-0.1, -0.05) is 30.3 Å². The Morgan fingerprint density at radius 2 is 1.61 bits per heavy atom. The molecule has 2 aromatic rings. The third kappa shape index (κ3) is 7.78. The third-order valence-electron chi connectivity index (χ3n) is 5.12. The van der Waals surface area contributed by atoms with E-state index < -0.39 is 28.5 Å². The summed E-state index contributed by atoms with van der Waals surface area (Å²) in [6.45, 7) is 5.19. The van der Waals surface area contributed by atoms with E-state index in [0.29, 0.717) is 17.9 Å². The predicted octanol–water partition coefficient (Wildman–Crippen LogP) is 2.45. The predicted molar refractivity (Wildman–Crippen MR) is 130 cm³/mol. The maximum absolute atomic E-state index is 13.4. The average Bonchev–Trinajstić information content (AvgIpc) is 2.77. The summed E-state index contributed by atoms with van der Waals surface area (Å²) >= 11 is 0. The zero-order chi connectivity index (χ0) is 24.6. The first-order chi connectivity index (χ1) is 15.5. The lowest BCUT2D eigenvalue weighted by atomic mass is 10.1. The molecule has 0 radical (unpaired) electrons. The van der Waals surface area contributed by atoms with Crippen molar-refractivity contribution in [3.8, 4) is 5.75 Å². The van der Waals surface area contributed by atoms with Crippen LogP contribution in [0.5, 0.6) is 5.75 Å². The molecule has 8 nitrogen and oxygen atoms in total. The molecule has 180 valence electrons. The van der Waals surface area contributed by atoms with Crippen LogP contribution in [0.1, 0.15) is 26.3 Å². The molecule has 33 heavy (non-hydrogen) atoms. The van der Waals surface area contributed by atoms with Gasteiger partial charge in [-0.15, -0.1) is 0 Å². The molecule has 1 N–H and O–H groups in total. The fourth-order valence-corrected chi connectivity index (χ4v) is 4.19. The third-order valence-corrected chi connectivity index (χ3v) is 6.26. The van der Waals surface area contributed by atoms with Gasteiger partial charge in [0, 0.05) is 12.6 Å². The second-order valence-electron chi connectivity index (χ2n) is 8.13. The number of anilines is 1. The average molecular weight is 476 g/mol. The van der Waals surface area contributed by atoms with Crippen molar-refractivity contribution in [1.29, 1.82) is 0 Å². The normalized spacial score (nSPS) is 12.2. The molecule has 1 unspecified atom stereocenters. The van der Waals surface area contributed by atoms with E-state index in [9.17, 15) is 18.0 Å². The molecule has 0 spiro atoms. The summed E-state index contributed by atoms with van der Waals surface area (Å²) < 4.78 is 31.2. The summed E-state index contributed by atoms with van der Waals surface area (Å²) in [5.41, 5.74) is 1.36. The van der Waals surface area contributed by atoms with Gasteiger partial charge in [0.05, 0.1) is 19.1 Å². The number of rotatable bonds is 11. The minimum absolute atomic E-state index is 0.0853. The minimum Gasteiger partial charge on any atom is -0.497 e. The van der Waals surface area contributed by atoms with Gasteiger partial charge in [-0.2, -0.15) is 0 Å². The highest BCUT2D eigenvalue weighted by Crippen LogP contribution is 2.22. The Bertz CT molecular complexity index is 1020. The van der Waals surface area contributed by atoms with E-state index in [1.165, 1.54) is 12.0 Å². The summed E-state index contributed by atoms with van der Waals surface area (Å²) in [6.07, 6.45) is 1.58. The number of hydrogen-bond acceptors (Lipinski definition) is 5. The molecule has 1 atom stereocenters. The van der Waals surface area contributed by atoms with E-state index in [1.54, 1.807) is 31.2 Å². The highest BCUT2D eigenvalue weighted by atomic mass is 32.2. The van der Waals surface area contributed by atoms with Gasteiger partial charge in [-0.3, -0.25) is 13.9 Å². The van der Waals surface area contributed by atoms with Crippen molar-refractivity contribution >= 4 is 27.5 Å². The lowest BCUT2D eigenvalue weighted by Gasteiger charge is -2.31. The Kier molecular flexibility index (Phi) is 9.28. The number of methoxy groups -OCH3 is 1. The number of sulfonamides is 1. The van der Waals surface area contributed by atoms with Gasteiger partial charge in [-0.25, -0.2) is 8.42 Å². The van der Waals surface area contributed by atoms with E-state index >= 15 is 0 Å². The number of hydrogen-bond donors (Lipinski definition) is 1. The molecule has 9 heteroatoms. The first-order valence-electron chi connectivity index (χ1n) is 10.8. The number of nitrogens with one attached hydrogen (secondary N) is 1. The SMILES string of the molecule is COc1ccc(N(CC(=O)N(CCc2ccccc2)C(C)C(=O)NC(C)C)S(C)(=O)=O)cc1. The molecule has 2 aromatic carbocycles. The van der Waals surface area contributed by atoms with Crippen molar-refractivity contribution in [2.24, 2.45) is 0 Å². The van der Waals surface area contributed by atoms with Crippen LogP contribution in [0.4, 0.5) is 5.69 Å². The standard InChI is InChI=1S/C24H33N3O5S/c1-18(2)25-24(29)19(3)26(16-15-20-9-7-6-8-10-20)23(28)17-27(33(5,30)31)21-11-13-22(32-4)14-12-21/h6-14,18-19H,15-17H2,1-5H3,(H,25,29). The Labute approximate surface area is 196 Å². The summed E-state index contributed by atoms with van der Waals surface area (Å²) in [5, 5.41) is 2.83. The number of benzene rings is 2. The van der Waals surface area contributed by atoms with Crippen LogP contribution in [0.2, 0.25) is 0 Å². The molecule has 0 fully saturated rings. The maximum Gasteiger partial charge on any atom is 0.244 e. The number of carbonyl (C=O) groups is 2. The first kappa shape index (κ1) is 26.2. The zero-order valence-corrected chi connectivity index (χ0v) is 20.6. The van der Waals surface area contributed by atoms with Gasteiger partial charge >= 0.3 is 0 Å². The molecule has 2 rings (SSSR count). The highest BCUT2D eigenvalue weighted by molar-refractivity contribution is 7.92. The molecule has 0 aliphatic heterocycles. The molecule has 0 aliphatic carbocycles. The lowest BCUT2D eigenvalue weighted by molar-refractivity contribution is -0.139. The summed E-state index contributed by atoms with van der Waals surface area (Å²) in [4.78, 5) is 27.5. The largest absolute Gasteiger partial charge is 0.497 e. The second kappa shape index (κ2) is 11.7. The van der Waals surface area contributed by atoms with E-state index in [-0.39, 0.29) is 18.5 Å². The molecular weight excluding hydrogens is 442 g/mol. The molecule has 0 aromatic heterocycles. The van der Waals surface area contributed by atoms with Crippen molar-refractivity contribution in [1.82, 2.24) is 10.2 Å². The smallest absolute Gasteiger partial charge is 0.244 e. The number of nitrogens with zero attached hydrogens (tertiary/aromatic N) is 2. The Hall–Kier alpha value is -3.07. The van der Waals surface area contributed by atoms with Crippen LogP contribution in [0.25, 0.3) is 0 Å². The molecule has 0 saturated carbocycles. The summed E-state index contributed by atoms with van der Waals surface area (Å²) in [6, 6.07) is 15.2. The van der Waals surface area contributed by atoms with Gasteiger partial charge in [0.1, 0.15) is 18.3 Å². The Morgan fingerprint density at radius 3 is 2.12 bits per heavy atom. The van der Waals surface area contributed by atoms with Gasteiger partial charge in [-0.05, 0) is 57.0 Å². The number of amides is 2. The van der Waals surface area contributed by atoms with Crippen molar-refractivity contribution in [2.75, 3.05) is 30.8 Å². The second-order valence-corrected chi connectivity index (χ2v) is 10.0. The summed E-state index contributed by atoms with van der Waals surface area (Å²) in [5.74, 6) is -0.178. The molecule has 0 saturated heterocycles. The number of carbonyl (C=O) groups excluding carboxylic acids is 2. The van der Waals surface area contributed by atoms with Crippen LogP contribution in [0.3, 0.4) is 0 Å². The minimum atomic E-state index is -3.75. The quantitative estimate of drug-likeness (QED) is 0.539. The Morgan fingerprint density at radius 1 is 1.00 bits per heavy atom. The van der Waals surface area contributed by atoms with E-state index in [4.69, 9.17) is 4.74 Å². The number of ether oxygens (including phenoxy) is 1. The van der Waals surface area contributed by atoms with Gasteiger partial charge in [0.2, 0.25) is 21.8 Å². The van der Waals surface area contributed by atoms with Crippen LogP contribution in [0.15, 0.2) is 54.6 Å². The van der Waals surface area contributed by atoms with Crippen molar-refractivity contribution < 1.29 is 22.7 Å². The van der Waals surface area contributed by atoms with E-state index in [2.05, 4.69) is 5.32 Å². The fourth-order valence-electron chi connectivity index (χ4n) is 3.34. The molecular formula is C24H33N3O5S. The first-order valence-corrected chi connectivity index (χ1v) is 12.6. The van der Waals surface area contributed by atoms with Crippen LogP contribution in [0, 0.1) is 0 Å². The molecule has 0 bridgehead atoms. The van der Waals surface area contributed by atoms with Crippen molar-refractivity contribution in [2.45, 2.75) is 39.3 Å². The zero-order valence-electron chi connectivity index (χ0n) is 19.8. The van der Waals surface area contributed by atoms with E-state index in [0.717, 1.165) is 16.1 Å². The van der Waals surface area contributed by atoms with Crippen molar-refractivity contribution in [3.63, 3.8) is 0 Å². The van der Waals surface area contributed by atoms with Crippen LogP contribution < -0.4 is 14.4 Å². The molecule has 2 amide bonds. The van der Waals surface area contributed by atoms with Crippen LogP contribution in [-0.4, -0.2) is 63.7 Å². The fraction of sp³-hybridized carbons (Fsp3) is 0.417. The van der Waals surface area contributed by atoms with Crippen LogP contribution in [-0.2, 0) is 26.0 Å². The maximum atomic E-state index is 13.4. The Balaban J connectivity index is 2.29. The molecule has 0 aliphatic rings. The highest BCUT2D eigenvalue weighted by Gasteiger charge is 2.30. The topological polar surface area (TPSA) is 96.0 Å². The van der Waals surface area contributed by atoms with Gasteiger partial charge in [0.15, 0.2) is 0 Å².